The standard InChI is InChI=1S/C11H5Br2ClFNO2/c12-6-3-5(15)4-7(14)10(6)16-11(17)8-1-2-9(13)18-8/h1-4H,(H,16,17). The fourth-order valence-electron chi connectivity index (χ4n) is 1.27. The van der Waals surface area contributed by atoms with Crippen LogP contribution in [0.15, 0.2) is 37.8 Å². The molecule has 2 aromatic rings. The molecule has 94 valence electrons. The van der Waals surface area contributed by atoms with Crippen LogP contribution in [0.4, 0.5) is 10.1 Å². The fraction of sp³-hybridized carbons (Fsp3) is 0. The van der Waals surface area contributed by atoms with Crippen molar-refractivity contribution in [3.05, 3.63) is 50.0 Å². The van der Waals surface area contributed by atoms with Crippen LogP contribution in [0.25, 0.3) is 0 Å². The lowest BCUT2D eigenvalue weighted by Gasteiger charge is -2.08. The third kappa shape index (κ3) is 2.93. The van der Waals surface area contributed by atoms with Gasteiger partial charge in [0.1, 0.15) is 5.82 Å². The van der Waals surface area contributed by atoms with Crippen molar-refractivity contribution < 1.29 is 13.6 Å². The largest absolute Gasteiger partial charge is 0.444 e. The highest BCUT2D eigenvalue weighted by Crippen LogP contribution is 2.32. The van der Waals surface area contributed by atoms with E-state index in [0.717, 1.165) is 6.07 Å². The molecule has 1 aromatic heterocycles. The summed E-state index contributed by atoms with van der Waals surface area (Å²) in [4.78, 5) is 11.8. The average molecular weight is 397 g/mol. The summed E-state index contributed by atoms with van der Waals surface area (Å²) in [5.41, 5.74) is 0.288. The van der Waals surface area contributed by atoms with Gasteiger partial charge in [-0.3, -0.25) is 4.79 Å². The zero-order valence-electron chi connectivity index (χ0n) is 8.64. The molecular weight excluding hydrogens is 392 g/mol. The lowest BCUT2D eigenvalue weighted by molar-refractivity contribution is 0.0995. The van der Waals surface area contributed by atoms with Crippen LogP contribution in [0.5, 0.6) is 0 Å². The molecule has 0 bridgehead atoms. The van der Waals surface area contributed by atoms with Crippen LogP contribution in [0.3, 0.4) is 0 Å². The topological polar surface area (TPSA) is 42.2 Å². The van der Waals surface area contributed by atoms with E-state index in [9.17, 15) is 9.18 Å². The van der Waals surface area contributed by atoms with Crippen LogP contribution < -0.4 is 5.32 Å². The van der Waals surface area contributed by atoms with E-state index in [2.05, 4.69) is 37.2 Å². The van der Waals surface area contributed by atoms with Crippen molar-refractivity contribution in [1.82, 2.24) is 0 Å². The Labute approximate surface area is 124 Å². The van der Waals surface area contributed by atoms with Crippen molar-refractivity contribution in [3.63, 3.8) is 0 Å². The molecule has 3 nitrogen and oxygen atoms in total. The minimum atomic E-state index is -0.495. The second-order valence-corrected chi connectivity index (χ2v) is 5.35. The van der Waals surface area contributed by atoms with Gasteiger partial charge in [0, 0.05) is 4.47 Å². The minimum Gasteiger partial charge on any atom is -0.444 e. The Morgan fingerprint density at radius 3 is 2.61 bits per heavy atom. The van der Waals surface area contributed by atoms with Gasteiger partial charge in [-0.2, -0.15) is 0 Å². The van der Waals surface area contributed by atoms with E-state index < -0.39 is 11.7 Å². The molecule has 0 aliphatic heterocycles. The summed E-state index contributed by atoms with van der Waals surface area (Å²) in [5, 5.41) is 2.63. The third-order valence-electron chi connectivity index (χ3n) is 2.04. The predicted molar refractivity (Wildman–Crippen MR) is 73.5 cm³/mol. The maximum atomic E-state index is 13.0. The maximum absolute atomic E-state index is 13.0. The predicted octanol–water partition coefficient (Wildman–Crippen LogP) is 4.85. The number of hydrogen-bond acceptors (Lipinski definition) is 2. The lowest BCUT2D eigenvalue weighted by Crippen LogP contribution is -2.11. The number of benzene rings is 1. The number of furan rings is 1. The molecule has 18 heavy (non-hydrogen) atoms. The molecule has 0 unspecified atom stereocenters. The molecular formula is C11H5Br2ClFNO2. The van der Waals surface area contributed by atoms with Gasteiger partial charge in [0.2, 0.25) is 0 Å². The Morgan fingerprint density at radius 2 is 2.06 bits per heavy atom. The van der Waals surface area contributed by atoms with Gasteiger partial charge in [-0.15, -0.1) is 0 Å². The van der Waals surface area contributed by atoms with Crippen molar-refractivity contribution in [1.29, 1.82) is 0 Å². The third-order valence-corrected chi connectivity index (χ3v) is 3.39. The van der Waals surface area contributed by atoms with Crippen molar-refractivity contribution in [2.45, 2.75) is 0 Å². The van der Waals surface area contributed by atoms with E-state index in [0.29, 0.717) is 9.14 Å². The zero-order chi connectivity index (χ0) is 13.3. The molecule has 0 spiro atoms. The molecule has 7 heteroatoms. The molecule has 0 atom stereocenters. The van der Waals surface area contributed by atoms with E-state index in [1.54, 1.807) is 6.07 Å². The van der Waals surface area contributed by atoms with E-state index in [-0.39, 0.29) is 16.5 Å². The van der Waals surface area contributed by atoms with Crippen LogP contribution in [0, 0.1) is 5.82 Å². The summed E-state index contributed by atoms with van der Waals surface area (Å²) >= 11 is 12.1. The van der Waals surface area contributed by atoms with Crippen LogP contribution in [0.1, 0.15) is 10.6 Å². The average Bonchev–Trinajstić information content (AvgIpc) is 2.70. The first kappa shape index (κ1) is 13.6. The molecule has 1 aromatic carbocycles. The van der Waals surface area contributed by atoms with E-state index in [4.69, 9.17) is 16.0 Å². The molecule has 0 saturated heterocycles. The van der Waals surface area contributed by atoms with Gasteiger partial charge in [-0.1, -0.05) is 11.6 Å². The Kier molecular flexibility index (Phi) is 4.09. The van der Waals surface area contributed by atoms with Crippen LogP contribution >= 0.6 is 43.5 Å². The van der Waals surface area contributed by atoms with Gasteiger partial charge < -0.3 is 9.73 Å². The number of halogens is 4. The van der Waals surface area contributed by atoms with Crippen molar-refractivity contribution >= 4 is 55.1 Å². The second-order valence-electron chi connectivity index (χ2n) is 3.30. The van der Waals surface area contributed by atoms with Crippen molar-refractivity contribution in [3.8, 4) is 0 Å². The van der Waals surface area contributed by atoms with Gasteiger partial charge in [0.15, 0.2) is 10.4 Å². The quantitative estimate of drug-likeness (QED) is 0.787. The molecule has 1 N–H and O–H groups in total. The number of hydrogen-bond donors (Lipinski definition) is 1. The molecule has 0 fully saturated rings. The number of amides is 1. The van der Waals surface area contributed by atoms with Crippen molar-refractivity contribution in [2.75, 3.05) is 5.32 Å². The number of anilines is 1. The summed E-state index contributed by atoms with van der Waals surface area (Å²) in [5.74, 6) is -0.852. The Morgan fingerprint density at radius 1 is 1.33 bits per heavy atom. The van der Waals surface area contributed by atoms with Crippen LogP contribution in [-0.2, 0) is 0 Å². The van der Waals surface area contributed by atoms with E-state index in [1.807, 2.05) is 0 Å². The highest BCUT2D eigenvalue weighted by molar-refractivity contribution is 9.10. The molecule has 0 saturated carbocycles. The summed E-state index contributed by atoms with van der Waals surface area (Å²) in [6.07, 6.45) is 0. The summed E-state index contributed by atoms with van der Waals surface area (Å²) in [7, 11) is 0. The fourth-order valence-corrected chi connectivity index (χ4v) is 2.48. The van der Waals surface area contributed by atoms with Crippen LogP contribution in [-0.4, -0.2) is 5.91 Å². The number of nitrogens with one attached hydrogen (secondary N) is 1. The summed E-state index contributed by atoms with van der Waals surface area (Å²) in [6.45, 7) is 0. The van der Waals surface area contributed by atoms with Crippen molar-refractivity contribution in [2.24, 2.45) is 0 Å². The number of carbonyl (C=O) groups excluding carboxylic acids is 1. The van der Waals surface area contributed by atoms with Gasteiger partial charge in [-0.25, -0.2) is 4.39 Å². The highest BCUT2D eigenvalue weighted by Gasteiger charge is 2.15. The Bertz CT molecular complexity index is 592. The lowest BCUT2D eigenvalue weighted by atomic mass is 10.3. The van der Waals surface area contributed by atoms with Gasteiger partial charge in [-0.05, 0) is 56.1 Å². The monoisotopic (exact) mass is 395 g/mol. The van der Waals surface area contributed by atoms with Gasteiger partial charge in [0.05, 0.1) is 10.7 Å². The summed E-state index contributed by atoms with van der Waals surface area (Å²) < 4.78 is 18.9. The number of rotatable bonds is 2. The smallest absolute Gasteiger partial charge is 0.291 e. The van der Waals surface area contributed by atoms with Gasteiger partial charge in [0.25, 0.3) is 5.91 Å². The number of carbonyl (C=O) groups is 1. The molecule has 1 heterocycles. The second kappa shape index (κ2) is 5.42. The maximum Gasteiger partial charge on any atom is 0.291 e. The molecule has 0 aliphatic carbocycles. The minimum absolute atomic E-state index is 0.0980. The first-order valence-electron chi connectivity index (χ1n) is 4.68. The Balaban J connectivity index is 2.27. The molecule has 2 rings (SSSR count). The molecule has 0 radical (unpaired) electrons. The first-order valence-corrected chi connectivity index (χ1v) is 6.65. The summed E-state index contributed by atoms with van der Waals surface area (Å²) in [6, 6.07) is 5.42. The van der Waals surface area contributed by atoms with Gasteiger partial charge >= 0.3 is 0 Å². The van der Waals surface area contributed by atoms with Crippen LogP contribution in [0.2, 0.25) is 5.02 Å². The molecule has 1 amide bonds. The zero-order valence-corrected chi connectivity index (χ0v) is 12.6. The SMILES string of the molecule is O=C(Nc1c(Cl)cc(F)cc1Br)c1ccc(Br)o1. The highest BCUT2D eigenvalue weighted by atomic mass is 79.9. The Hall–Kier alpha value is -0.850. The molecule has 0 aliphatic rings. The van der Waals surface area contributed by atoms with E-state index >= 15 is 0 Å². The first-order chi connectivity index (χ1) is 8.47. The normalized spacial score (nSPS) is 10.4. The van der Waals surface area contributed by atoms with E-state index in [1.165, 1.54) is 12.1 Å².